The van der Waals surface area contributed by atoms with E-state index < -0.39 is 17.7 Å². The standard InChI is InChI=1S/C15H20F2N2O2/c16-11-5-4-6-12(17)15(11)13(20)9-18-10-14(21)19-7-2-1-3-8-19/h4-6,13,18,20H,1-3,7-10H2. The molecule has 1 atom stereocenters. The molecular formula is C15H20F2N2O2. The van der Waals surface area contributed by atoms with Gasteiger partial charge in [0.1, 0.15) is 11.6 Å². The number of hydrogen-bond acceptors (Lipinski definition) is 3. The second-order valence-corrected chi connectivity index (χ2v) is 5.22. The summed E-state index contributed by atoms with van der Waals surface area (Å²) in [7, 11) is 0. The highest BCUT2D eigenvalue weighted by Crippen LogP contribution is 2.19. The molecule has 0 radical (unpaired) electrons. The maximum atomic E-state index is 13.5. The van der Waals surface area contributed by atoms with Gasteiger partial charge in [-0.25, -0.2) is 8.78 Å². The van der Waals surface area contributed by atoms with Crippen molar-refractivity contribution in [1.82, 2.24) is 10.2 Å². The van der Waals surface area contributed by atoms with Gasteiger partial charge in [0.15, 0.2) is 0 Å². The monoisotopic (exact) mass is 298 g/mol. The molecule has 0 spiro atoms. The van der Waals surface area contributed by atoms with Gasteiger partial charge < -0.3 is 15.3 Å². The Labute approximate surface area is 122 Å². The van der Waals surface area contributed by atoms with E-state index in [1.807, 2.05) is 0 Å². The highest BCUT2D eigenvalue weighted by atomic mass is 19.1. The van der Waals surface area contributed by atoms with Gasteiger partial charge in [0.2, 0.25) is 5.91 Å². The van der Waals surface area contributed by atoms with Gasteiger partial charge in [0.05, 0.1) is 18.2 Å². The predicted molar refractivity (Wildman–Crippen MR) is 74.6 cm³/mol. The van der Waals surface area contributed by atoms with E-state index in [2.05, 4.69) is 5.32 Å². The van der Waals surface area contributed by atoms with E-state index in [1.54, 1.807) is 4.90 Å². The Hall–Kier alpha value is -1.53. The molecule has 2 rings (SSSR count). The van der Waals surface area contributed by atoms with E-state index in [4.69, 9.17) is 0 Å². The van der Waals surface area contributed by atoms with Crippen molar-refractivity contribution in [3.63, 3.8) is 0 Å². The zero-order chi connectivity index (χ0) is 15.2. The Bertz CT molecular complexity index is 470. The first-order valence-electron chi connectivity index (χ1n) is 7.20. The first kappa shape index (κ1) is 15.9. The normalized spacial score (nSPS) is 16.8. The van der Waals surface area contributed by atoms with Gasteiger partial charge in [0, 0.05) is 19.6 Å². The highest BCUT2D eigenvalue weighted by Gasteiger charge is 2.19. The van der Waals surface area contributed by atoms with Crippen LogP contribution in [0.25, 0.3) is 0 Å². The van der Waals surface area contributed by atoms with Crippen LogP contribution in [0.1, 0.15) is 30.9 Å². The maximum Gasteiger partial charge on any atom is 0.236 e. The zero-order valence-electron chi connectivity index (χ0n) is 11.8. The molecule has 2 N–H and O–H groups in total. The number of benzene rings is 1. The zero-order valence-corrected chi connectivity index (χ0v) is 11.8. The van der Waals surface area contributed by atoms with Gasteiger partial charge >= 0.3 is 0 Å². The molecule has 0 bridgehead atoms. The molecule has 0 aliphatic carbocycles. The van der Waals surface area contributed by atoms with Crippen molar-refractivity contribution in [2.24, 2.45) is 0 Å². The predicted octanol–water partition coefficient (Wildman–Crippen LogP) is 1.60. The summed E-state index contributed by atoms with van der Waals surface area (Å²) in [5.74, 6) is -1.62. The molecule has 1 unspecified atom stereocenters. The number of halogens is 2. The van der Waals surface area contributed by atoms with Crippen LogP contribution in [-0.2, 0) is 4.79 Å². The number of carbonyl (C=O) groups excluding carboxylic acids is 1. The molecule has 21 heavy (non-hydrogen) atoms. The summed E-state index contributed by atoms with van der Waals surface area (Å²) in [6, 6.07) is 3.44. The van der Waals surface area contributed by atoms with Crippen LogP contribution in [0.4, 0.5) is 8.78 Å². The van der Waals surface area contributed by atoms with E-state index in [-0.39, 0.29) is 24.6 Å². The van der Waals surface area contributed by atoms with Gasteiger partial charge in [-0.1, -0.05) is 6.07 Å². The lowest BCUT2D eigenvalue weighted by Crippen LogP contribution is -2.41. The Morgan fingerprint density at radius 1 is 1.24 bits per heavy atom. The molecule has 1 aromatic carbocycles. The Balaban J connectivity index is 1.81. The van der Waals surface area contributed by atoms with E-state index >= 15 is 0 Å². The number of nitrogens with zero attached hydrogens (tertiary/aromatic N) is 1. The number of piperidine rings is 1. The second-order valence-electron chi connectivity index (χ2n) is 5.22. The number of likely N-dealkylation sites (tertiary alicyclic amines) is 1. The van der Waals surface area contributed by atoms with Crippen molar-refractivity contribution in [3.8, 4) is 0 Å². The lowest BCUT2D eigenvalue weighted by Gasteiger charge is -2.27. The fraction of sp³-hybridized carbons (Fsp3) is 0.533. The molecular weight excluding hydrogens is 278 g/mol. The molecule has 116 valence electrons. The van der Waals surface area contributed by atoms with Crippen molar-refractivity contribution in [2.45, 2.75) is 25.4 Å². The van der Waals surface area contributed by atoms with Crippen LogP contribution in [0.5, 0.6) is 0 Å². The molecule has 1 aliphatic heterocycles. The lowest BCUT2D eigenvalue weighted by molar-refractivity contribution is -0.131. The fourth-order valence-electron chi connectivity index (χ4n) is 2.50. The Morgan fingerprint density at radius 2 is 1.86 bits per heavy atom. The molecule has 0 saturated carbocycles. The van der Waals surface area contributed by atoms with Gasteiger partial charge in [-0.2, -0.15) is 0 Å². The largest absolute Gasteiger partial charge is 0.387 e. The quantitative estimate of drug-likeness (QED) is 0.868. The topological polar surface area (TPSA) is 52.6 Å². The highest BCUT2D eigenvalue weighted by molar-refractivity contribution is 5.78. The summed E-state index contributed by atoms with van der Waals surface area (Å²) in [6.07, 6.45) is 1.84. The summed E-state index contributed by atoms with van der Waals surface area (Å²) >= 11 is 0. The van der Waals surface area contributed by atoms with Gasteiger partial charge in [0.25, 0.3) is 0 Å². The van der Waals surface area contributed by atoms with Crippen LogP contribution in [0.2, 0.25) is 0 Å². The molecule has 4 nitrogen and oxygen atoms in total. The van der Waals surface area contributed by atoms with Gasteiger partial charge in [-0.3, -0.25) is 4.79 Å². The van der Waals surface area contributed by atoms with E-state index in [0.29, 0.717) is 0 Å². The first-order valence-corrected chi connectivity index (χ1v) is 7.20. The molecule has 1 fully saturated rings. The van der Waals surface area contributed by atoms with Crippen LogP contribution in [0.3, 0.4) is 0 Å². The van der Waals surface area contributed by atoms with Crippen molar-refractivity contribution in [2.75, 3.05) is 26.2 Å². The minimum atomic E-state index is -1.32. The number of nitrogens with one attached hydrogen (secondary N) is 1. The average Bonchev–Trinajstić information content (AvgIpc) is 2.48. The van der Waals surface area contributed by atoms with Gasteiger partial charge in [-0.15, -0.1) is 0 Å². The maximum absolute atomic E-state index is 13.5. The van der Waals surface area contributed by atoms with Gasteiger partial charge in [-0.05, 0) is 31.4 Å². The number of carbonyl (C=O) groups is 1. The third kappa shape index (κ3) is 4.22. The third-order valence-electron chi connectivity index (χ3n) is 3.66. The molecule has 1 aromatic rings. The second kappa shape index (κ2) is 7.47. The Kier molecular flexibility index (Phi) is 5.64. The van der Waals surface area contributed by atoms with Crippen molar-refractivity contribution < 1.29 is 18.7 Å². The fourth-order valence-corrected chi connectivity index (χ4v) is 2.50. The lowest BCUT2D eigenvalue weighted by atomic mass is 10.1. The van der Waals surface area contributed by atoms with Crippen LogP contribution in [-0.4, -0.2) is 42.1 Å². The minimum absolute atomic E-state index is 0.0455. The summed E-state index contributed by atoms with van der Waals surface area (Å²) < 4.78 is 26.9. The summed E-state index contributed by atoms with van der Waals surface area (Å²) in [5.41, 5.74) is -0.365. The first-order chi connectivity index (χ1) is 10.1. The molecule has 0 aromatic heterocycles. The van der Waals surface area contributed by atoms with Crippen molar-refractivity contribution in [3.05, 3.63) is 35.4 Å². The summed E-state index contributed by atoms with van der Waals surface area (Å²) in [6.45, 7) is 1.50. The molecule has 1 heterocycles. The number of aliphatic hydroxyl groups excluding tert-OH is 1. The van der Waals surface area contributed by atoms with E-state index in [1.165, 1.54) is 6.07 Å². The van der Waals surface area contributed by atoms with Crippen LogP contribution < -0.4 is 5.32 Å². The number of rotatable bonds is 5. The summed E-state index contributed by atoms with van der Waals surface area (Å²) in [5, 5.41) is 12.6. The summed E-state index contributed by atoms with van der Waals surface area (Å²) in [4.78, 5) is 13.7. The number of aliphatic hydroxyl groups is 1. The van der Waals surface area contributed by atoms with Crippen LogP contribution in [0.15, 0.2) is 18.2 Å². The van der Waals surface area contributed by atoms with Crippen molar-refractivity contribution >= 4 is 5.91 Å². The SMILES string of the molecule is O=C(CNCC(O)c1c(F)cccc1F)N1CCCCC1. The molecule has 1 saturated heterocycles. The smallest absolute Gasteiger partial charge is 0.236 e. The van der Waals surface area contributed by atoms with E-state index in [9.17, 15) is 18.7 Å². The molecule has 6 heteroatoms. The molecule has 1 amide bonds. The Morgan fingerprint density at radius 3 is 2.48 bits per heavy atom. The average molecular weight is 298 g/mol. The number of hydrogen-bond donors (Lipinski definition) is 2. The third-order valence-corrected chi connectivity index (χ3v) is 3.66. The van der Waals surface area contributed by atoms with E-state index in [0.717, 1.165) is 44.5 Å². The van der Waals surface area contributed by atoms with Crippen LogP contribution in [0, 0.1) is 11.6 Å². The number of amides is 1. The van der Waals surface area contributed by atoms with Crippen LogP contribution >= 0.6 is 0 Å². The molecule has 1 aliphatic rings. The minimum Gasteiger partial charge on any atom is -0.387 e. The van der Waals surface area contributed by atoms with Crippen molar-refractivity contribution in [1.29, 1.82) is 0 Å².